The molecule has 3 heteroatoms. The van der Waals surface area contributed by atoms with E-state index >= 15 is 0 Å². The number of benzene rings is 1. The second kappa shape index (κ2) is 5.32. The van der Waals surface area contributed by atoms with E-state index in [1.54, 1.807) is 7.11 Å². The molecular formula is C13H19NO2. The third-order valence-electron chi connectivity index (χ3n) is 2.87. The van der Waals surface area contributed by atoms with Gasteiger partial charge in [0.25, 0.3) is 0 Å². The lowest BCUT2D eigenvalue weighted by Crippen LogP contribution is -2.29. The Balaban J connectivity index is 1.85. The average Bonchev–Trinajstić information content (AvgIpc) is 3.11. The van der Waals surface area contributed by atoms with Crippen molar-refractivity contribution in [3.05, 3.63) is 29.8 Å². The molecule has 3 nitrogen and oxygen atoms in total. The summed E-state index contributed by atoms with van der Waals surface area (Å²) >= 11 is 0. The number of aliphatic hydroxyl groups is 1. The summed E-state index contributed by atoms with van der Waals surface area (Å²) in [4.78, 5) is 0. The summed E-state index contributed by atoms with van der Waals surface area (Å²) in [5.41, 5.74) is 1.06. The molecule has 1 aromatic carbocycles. The predicted molar refractivity (Wildman–Crippen MR) is 63.7 cm³/mol. The van der Waals surface area contributed by atoms with Gasteiger partial charge in [0.1, 0.15) is 5.75 Å². The summed E-state index contributed by atoms with van der Waals surface area (Å²) in [5.74, 6) is 0.855. The van der Waals surface area contributed by atoms with Crippen LogP contribution in [-0.2, 0) is 6.42 Å². The summed E-state index contributed by atoms with van der Waals surface area (Å²) in [5, 5.41) is 13.2. The van der Waals surface area contributed by atoms with Crippen LogP contribution in [0.3, 0.4) is 0 Å². The van der Waals surface area contributed by atoms with Crippen molar-refractivity contribution in [1.29, 1.82) is 0 Å². The molecule has 0 amide bonds. The summed E-state index contributed by atoms with van der Waals surface area (Å²) in [6.07, 6.45) is 2.81. The van der Waals surface area contributed by atoms with E-state index in [0.717, 1.165) is 11.3 Å². The van der Waals surface area contributed by atoms with Crippen molar-refractivity contribution >= 4 is 0 Å². The van der Waals surface area contributed by atoms with Crippen LogP contribution in [0.2, 0.25) is 0 Å². The summed E-state index contributed by atoms with van der Waals surface area (Å²) in [7, 11) is 1.66. The van der Waals surface area contributed by atoms with Crippen molar-refractivity contribution in [2.45, 2.75) is 31.4 Å². The van der Waals surface area contributed by atoms with Crippen molar-refractivity contribution in [1.82, 2.24) is 5.32 Å². The number of aliphatic hydroxyl groups excluding tert-OH is 1. The molecule has 2 N–H and O–H groups in total. The second-order valence-electron chi connectivity index (χ2n) is 4.35. The lowest BCUT2D eigenvalue weighted by molar-refractivity contribution is 0.170. The first kappa shape index (κ1) is 11.4. The van der Waals surface area contributed by atoms with E-state index in [2.05, 4.69) is 5.32 Å². The maximum atomic E-state index is 9.88. The zero-order valence-electron chi connectivity index (χ0n) is 9.65. The zero-order valence-corrected chi connectivity index (χ0v) is 9.65. The Morgan fingerprint density at radius 2 is 2.19 bits per heavy atom. The molecule has 1 unspecified atom stereocenters. The van der Waals surface area contributed by atoms with E-state index < -0.39 is 0 Å². The van der Waals surface area contributed by atoms with Crippen LogP contribution in [-0.4, -0.2) is 30.9 Å². The fourth-order valence-corrected chi connectivity index (χ4v) is 1.79. The highest BCUT2D eigenvalue weighted by Gasteiger charge is 2.21. The van der Waals surface area contributed by atoms with E-state index in [9.17, 15) is 5.11 Å². The van der Waals surface area contributed by atoms with Gasteiger partial charge in [0, 0.05) is 19.0 Å². The van der Waals surface area contributed by atoms with Crippen LogP contribution < -0.4 is 10.1 Å². The number of rotatable bonds is 6. The van der Waals surface area contributed by atoms with Gasteiger partial charge < -0.3 is 15.2 Å². The minimum atomic E-state index is -0.336. The standard InChI is InChI=1S/C13H19NO2/c1-16-13-5-3-2-4-10(13)8-12(15)9-14-11-6-7-11/h2-5,11-12,14-15H,6-9H2,1H3. The van der Waals surface area contributed by atoms with Gasteiger partial charge in [-0.1, -0.05) is 18.2 Å². The fraction of sp³-hybridized carbons (Fsp3) is 0.538. The van der Waals surface area contributed by atoms with Crippen LogP contribution in [0, 0.1) is 0 Å². The normalized spacial score (nSPS) is 17.1. The minimum absolute atomic E-state index is 0.336. The maximum Gasteiger partial charge on any atom is 0.122 e. The molecule has 0 aromatic heterocycles. The summed E-state index contributed by atoms with van der Waals surface area (Å²) in [6, 6.07) is 8.48. The van der Waals surface area contributed by atoms with E-state index in [4.69, 9.17) is 4.74 Å². The SMILES string of the molecule is COc1ccccc1CC(O)CNC1CC1. The Morgan fingerprint density at radius 3 is 2.88 bits per heavy atom. The van der Waals surface area contributed by atoms with Crippen molar-refractivity contribution in [2.75, 3.05) is 13.7 Å². The van der Waals surface area contributed by atoms with Crippen molar-refractivity contribution in [3.8, 4) is 5.75 Å². The van der Waals surface area contributed by atoms with Gasteiger partial charge in [0.2, 0.25) is 0 Å². The Morgan fingerprint density at radius 1 is 1.44 bits per heavy atom. The van der Waals surface area contributed by atoms with E-state index in [0.29, 0.717) is 19.0 Å². The minimum Gasteiger partial charge on any atom is -0.496 e. The van der Waals surface area contributed by atoms with Crippen LogP contribution >= 0.6 is 0 Å². The lowest BCUT2D eigenvalue weighted by Gasteiger charge is -2.13. The smallest absolute Gasteiger partial charge is 0.122 e. The zero-order chi connectivity index (χ0) is 11.4. The number of ether oxygens (including phenoxy) is 1. The molecule has 88 valence electrons. The topological polar surface area (TPSA) is 41.5 Å². The quantitative estimate of drug-likeness (QED) is 0.762. The average molecular weight is 221 g/mol. The molecule has 0 bridgehead atoms. The molecule has 0 spiro atoms. The van der Waals surface area contributed by atoms with Crippen LogP contribution in [0.4, 0.5) is 0 Å². The first-order valence-electron chi connectivity index (χ1n) is 5.83. The molecular weight excluding hydrogens is 202 g/mol. The van der Waals surface area contributed by atoms with Gasteiger partial charge >= 0.3 is 0 Å². The molecule has 0 saturated heterocycles. The number of hydrogen-bond acceptors (Lipinski definition) is 3. The highest BCUT2D eigenvalue weighted by Crippen LogP contribution is 2.20. The van der Waals surface area contributed by atoms with Gasteiger partial charge in [-0.15, -0.1) is 0 Å². The van der Waals surface area contributed by atoms with Gasteiger partial charge in [0.15, 0.2) is 0 Å². The largest absolute Gasteiger partial charge is 0.496 e. The third-order valence-corrected chi connectivity index (χ3v) is 2.87. The van der Waals surface area contributed by atoms with Crippen LogP contribution in [0.5, 0.6) is 5.75 Å². The molecule has 1 saturated carbocycles. The first-order chi connectivity index (χ1) is 7.79. The first-order valence-corrected chi connectivity index (χ1v) is 5.83. The second-order valence-corrected chi connectivity index (χ2v) is 4.35. The van der Waals surface area contributed by atoms with Gasteiger partial charge in [-0.25, -0.2) is 0 Å². The molecule has 2 rings (SSSR count). The Bertz CT molecular complexity index is 336. The van der Waals surface area contributed by atoms with Crippen molar-refractivity contribution in [2.24, 2.45) is 0 Å². The van der Waals surface area contributed by atoms with Crippen LogP contribution in [0.1, 0.15) is 18.4 Å². The number of nitrogens with one attached hydrogen (secondary N) is 1. The molecule has 1 fully saturated rings. The number of hydrogen-bond donors (Lipinski definition) is 2. The molecule has 1 aliphatic carbocycles. The molecule has 1 atom stereocenters. The van der Waals surface area contributed by atoms with E-state index in [-0.39, 0.29) is 6.10 Å². The lowest BCUT2D eigenvalue weighted by atomic mass is 10.1. The molecule has 1 aliphatic rings. The Labute approximate surface area is 96.4 Å². The molecule has 16 heavy (non-hydrogen) atoms. The van der Waals surface area contributed by atoms with Crippen LogP contribution in [0.25, 0.3) is 0 Å². The number of para-hydroxylation sites is 1. The van der Waals surface area contributed by atoms with E-state index in [1.807, 2.05) is 24.3 Å². The van der Waals surface area contributed by atoms with Crippen molar-refractivity contribution < 1.29 is 9.84 Å². The fourth-order valence-electron chi connectivity index (χ4n) is 1.79. The predicted octanol–water partition coefficient (Wildman–Crippen LogP) is 1.35. The van der Waals surface area contributed by atoms with Gasteiger partial charge in [-0.05, 0) is 24.5 Å². The maximum absolute atomic E-state index is 9.88. The van der Waals surface area contributed by atoms with Crippen LogP contribution in [0.15, 0.2) is 24.3 Å². The number of methoxy groups -OCH3 is 1. The Hall–Kier alpha value is -1.06. The summed E-state index contributed by atoms with van der Waals surface area (Å²) < 4.78 is 5.25. The Kier molecular flexibility index (Phi) is 3.80. The molecule has 1 aromatic rings. The van der Waals surface area contributed by atoms with Crippen molar-refractivity contribution in [3.63, 3.8) is 0 Å². The summed E-state index contributed by atoms with van der Waals surface area (Å²) in [6.45, 7) is 0.669. The molecule has 0 heterocycles. The molecule has 0 aliphatic heterocycles. The highest BCUT2D eigenvalue weighted by molar-refractivity contribution is 5.33. The van der Waals surface area contributed by atoms with Gasteiger partial charge in [-0.2, -0.15) is 0 Å². The monoisotopic (exact) mass is 221 g/mol. The molecule has 0 radical (unpaired) electrons. The van der Waals surface area contributed by atoms with Gasteiger partial charge in [0.05, 0.1) is 13.2 Å². The highest BCUT2D eigenvalue weighted by atomic mass is 16.5. The third kappa shape index (κ3) is 3.22. The van der Waals surface area contributed by atoms with Gasteiger partial charge in [-0.3, -0.25) is 0 Å². The van der Waals surface area contributed by atoms with E-state index in [1.165, 1.54) is 12.8 Å².